The van der Waals surface area contributed by atoms with E-state index >= 15 is 0 Å². The van der Waals surface area contributed by atoms with Crippen molar-refractivity contribution >= 4 is 11.9 Å². The molecule has 19 heavy (non-hydrogen) atoms. The van der Waals surface area contributed by atoms with Gasteiger partial charge in [0.05, 0.1) is 19.7 Å². The largest absolute Gasteiger partial charge is 0.468 e. The van der Waals surface area contributed by atoms with Gasteiger partial charge in [0.1, 0.15) is 6.54 Å². The molecule has 1 amide bonds. The summed E-state index contributed by atoms with van der Waals surface area (Å²) in [7, 11) is 1.30. The topological polar surface area (TPSA) is 58.6 Å². The van der Waals surface area contributed by atoms with Gasteiger partial charge in [0, 0.05) is 6.42 Å². The smallest absolute Gasteiger partial charge is 0.325 e. The van der Waals surface area contributed by atoms with Gasteiger partial charge in [-0.15, -0.1) is 6.58 Å². The summed E-state index contributed by atoms with van der Waals surface area (Å²) in [5.74, 6) is 5.42. The number of likely N-dealkylation sites (tertiary alicyclic amines) is 1. The standard InChI is InChI=1S/C14H20N2O3/c1-3-4-5-6-9-16-10-7-8-12(16)14(18)15-11-13(17)19-2/h3,12H,1,4,7-11H2,2H3,(H,15,18)/t12-/m0/s1. The first kappa shape index (κ1) is 15.3. The fraction of sp³-hybridized carbons (Fsp3) is 0.571. The number of ether oxygens (including phenoxy) is 1. The lowest BCUT2D eigenvalue weighted by atomic mass is 10.2. The maximum Gasteiger partial charge on any atom is 0.325 e. The summed E-state index contributed by atoms with van der Waals surface area (Å²) in [5, 5.41) is 2.59. The van der Waals surface area contributed by atoms with Crippen LogP contribution in [-0.2, 0) is 14.3 Å². The van der Waals surface area contributed by atoms with E-state index in [-0.39, 0.29) is 18.5 Å². The Morgan fingerprint density at radius 3 is 3.00 bits per heavy atom. The first-order valence-corrected chi connectivity index (χ1v) is 6.34. The van der Waals surface area contributed by atoms with Gasteiger partial charge in [0.15, 0.2) is 0 Å². The molecule has 104 valence electrons. The molecule has 1 aliphatic heterocycles. The van der Waals surface area contributed by atoms with Crippen LogP contribution in [0.25, 0.3) is 0 Å². The number of esters is 1. The zero-order valence-electron chi connectivity index (χ0n) is 11.3. The van der Waals surface area contributed by atoms with Crippen LogP contribution in [0.4, 0.5) is 0 Å². The number of nitrogens with one attached hydrogen (secondary N) is 1. The first-order chi connectivity index (χ1) is 9.19. The molecule has 1 saturated heterocycles. The van der Waals surface area contributed by atoms with Gasteiger partial charge in [0.2, 0.25) is 5.91 Å². The Labute approximate surface area is 114 Å². The van der Waals surface area contributed by atoms with E-state index < -0.39 is 5.97 Å². The number of hydrogen-bond acceptors (Lipinski definition) is 4. The first-order valence-electron chi connectivity index (χ1n) is 6.34. The summed E-state index contributed by atoms with van der Waals surface area (Å²) < 4.78 is 4.48. The number of nitrogens with zero attached hydrogens (tertiary/aromatic N) is 1. The summed E-state index contributed by atoms with van der Waals surface area (Å²) >= 11 is 0. The number of methoxy groups -OCH3 is 1. The minimum Gasteiger partial charge on any atom is -0.468 e. The van der Waals surface area contributed by atoms with Crippen LogP contribution >= 0.6 is 0 Å². The van der Waals surface area contributed by atoms with E-state index in [4.69, 9.17) is 0 Å². The molecule has 0 aliphatic carbocycles. The molecule has 0 radical (unpaired) electrons. The summed E-state index contributed by atoms with van der Waals surface area (Å²) in [6.45, 7) is 4.95. The minimum absolute atomic E-state index is 0.0815. The number of amides is 1. The highest BCUT2D eigenvalue weighted by atomic mass is 16.5. The number of hydrogen-bond donors (Lipinski definition) is 1. The molecule has 0 aromatic carbocycles. The molecule has 1 atom stereocenters. The van der Waals surface area contributed by atoms with Crippen LogP contribution < -0.4 is 5.32 Å². The second kappa shape index (κ2) is 8.33. The number of carbonyl (C=O) groups excluding carboxylic acids is 2. The third-order valence-electron chi connectivity index (χ3n) is 2.95. The van der Waals surface area contributed by atoms with E-state index in [9.17, 15) is 9.59 Å². The van der Waals surface area contributed by atoms with Crippen LogP contribution in [0.5, 0.6) is 0 Å². The minimum atomic E-state index is -0.441. The summed E-state index contributed by atoms with van der Waals surface area (Å²) in [6.07, 6.45) is 4.18. The van der Waals surface area contributed by atoms with Crippen LogP contribution in [0.1, 0.15) is 19.3 Å². The fourth-order valence-electron chi connectivity index (χ4n) is 1.96. The molecule has 1 heterocycles. The third kappa shape index (κ3) is 5.14. The third-order valence-corrected chi connectivity index (χ3v) is 2.95. The number of rotatable bonds is 5. The van der Waals surface area contributed by atoms with Crippen molar-refractivity contribution in [3.8, 4) is 11.8 Å². The average Bonchev–Trinajstić information content (AvgIpc) is 2.89. The predicted octanol–water partition coefficient (Wildman–Crippen LogP) is 0.320. The molecule has 5 nitrogen and oxygen atoms in total. The molecule has 1 rings (SSSR count). The molecule has 0 unspecified atom stereocenters. The zero-order chi connectivity index (χ0) is 14.1. The van der Waals surface area contributed by atoms with Gasteiger partial charge in [-0.05, 0) is 19.4 Å². The van der Waals surface area contributed by atoms with E-state index in [1.807, 2.05) is 4.90 Å². The maximum absolute atomic E-state index is 11.9. The van der Waals surface area contributed by atoms with E-state index in [0.717, 1.165) is 19.4 Å². The molecule has 1 fully saturated rings. The van der Waals surface area contributed by atoms with Crippen LogP contribution in [0.2, 0.25) is 0 Å². The Kier molecular flexibility index (Phi) is 6.69. The highest BCUT2D eigenvalue weighted by Crippen LogP contribution is 2.16. The molecule has 5 heteroatoms. The van der Waals surface area contributed by atoms with Gasteiger partial charge in [-0.3, -0.25) is 14.5 Å². The molecule has 1 N–H and O–H groups in total. The Morgan fingerprint density at radius 2 is 2.32 bits per heavy atom. The van der Waals surface area contributed by atoms with Gasteiger partial charge in [0.25, 0.3) is 0 Å². The lowest BCUT2D eigenvalue weighted by molar-refractivity contribution is -0.141. The monoisotopic (exact) mass is 264 g/mol. The van der Waals surface area contributed by atoms with Gasteiger partial charge >= 0.3 is 5.97 Å². The second-order valence-corrected chi connectivity index (χ2v) is 4.27. The van der Waals surface area contributed by atoms with Crippen LogP contribution in [0.3, 0.4) is 0 Å². The van der Waals surface area contributed by atoms with Gasteiger partial charge in [-0.2, -0.15) is 0 Å². The molecule has 0 aromatic rings. The van der Waals surface area contributed by atoms with Crippen LogP contribution in [0.15, 0.2) is 12.7 Å². The molecular formula is C14H20N2O3. The van der Waals surface area contributed by atoms with Crippen LogP contribution in [0, 0.1) is 11.8 Å². The van der Waals surface area contributed by atoms with Gasteiger partial charge in [-0.1, -0.05) is 17.9 Å². The van der Waals surface area contributed by atoms with Crippen molar-refractivity contribution in [3.05, 3.63) is 12.7 Å². The molecule has 0 saturated carbocycles. The quantitative estimate of drug-likeness (QED) is 0.441. The van der Waals surface area contributed by atoms with Crippen molar-refractivity contribution in [1.29, 1.82) is 0 Å². The zero-order valence-corrected chi connectivity index (χ0v) is 11.3. The van der Waals surface area contributed by atoms with Crippen molar-refractivity contribution in [1.82, 2.24) is 10.2 Å². The number of carbonyl (C=O) groups is 2. The van der Waals surface area contributed by atoms with E-state index in [2.05, 4.69) is 28.5 Å². The molecule has 0 bridgehead atoms. The van der Waals surface area contributed by atoms with Crippen molar-refractivity contribution in [2.45, 2.75) is 25.3 Å². The van der Waals surface area contributed by atoms with Crippen molar-refractivity contribution in [2.24, 2.45) is 0 Å². The summed E-state index contributed by atoms with van der Waals surface area (Å²) in [6, 6.07) is -0.192. The number of allylic oxidation sites excluding steroid dienone is 1. The Morgan fingerprint density at radius 1 is 1.53 bits per heavy atom. The fourth-order valence-corrected chi connectivity index (χ4v) is 1.96. The lowest BCUT2D eigenvalue weighted by Crippen LogP contribution is -2.45. The van der Waals surface area contributed by atoms with Crippen molar-refractivity contribution < 1.29 is 14.3 Å². The van der Waals surface area contributed by atoms with E-state index in [1.165, 1.54) is 7.11 Å². The predicted molar refractivity (Wildman–Crippen MR) is 72.2 cm³/mol. The molecule has 0 spiro atoms. The maximum atomic E-state index is 11.9. The SMILES string of the molecule is C=CCC#CCN1CCC[C@H]1C(=O)NCC(=O)OC. The highest BCUT2D eigenvalue weighted by molar-refractivity contribution is 5.85. The summed E-state index contributed by atoms with van der Waals surface area (Å²) in [5.41, 5.74) is 0. The van der Waals surface area contributed by atoms with E-state index in [0.29, 0.717) is 13.0 Å². The van der Waals surface area contributed by atoms with Crippen LogP contribution in [-0.4, -0.2) is 49.6 Å². The van der Waals surface area contributed by atoms with Crippen molar-refractivity contribution in [2.75, 3.05) is 26.7 Å². The molecule has 1 aliphatic rings. The highest BCUT2D eigenvalue weighted by Gasteiger charge is 2.29. The van der Waals surface area contributed by atoms with Gasteiger partial charge in [-0.25, -0.2) is 0 Å². The lowest BCUT2D eigenvalue weighted by Gasteiger charge is -2.20. The summed E-state index contributed by atoms with van der Waals surface area (Å²) in [4.78, 5) is 24.9. The Hall–Kier alpha value is -1.80. The molecular weight excluding hydrogens is 244 g/mol. The van der Waals surface area contributed by atoms with Crippen molar-refractivity contribution in [3.63, 3.8) is 0 Å². The van der Waals surface area contributed by atoms with Gasteiger partial charge < -0.3 is 10.1 Å². The second-order valence-electron chi connectivity index (χ2n) is 4.27. The molecule has 0 aromatic heterocycles. The Bertz CT molecular complexity index is 395. The normalized spacial score (nSPS) is 18.3. The Balaban J connectivity index is 2.42. The average molecular weight is 264 g/mol. The van der Waals surface area contributed by atoms with E-state index in [1.54, 1.807) is 6.08 Å².